The molecule has 7 nitrogen and oxygen atoms in total. The molecule has 0 aliphatic heterocycles. The molecule has 0 radical (unpaired) electrons. The van der Waals surface area contributed by atoms with Crippen molar-refractivity contribution in [1.82, 2.24) is 5.43 Å². The topological polar surface area (TPSA) is 96.9 Å². The molecule has 0 fully saturated rings. The Bertz CT molecular complexity index is 1300. The summed E-state index contributed by atoms with van der Waals surface area (Å²) in [5, 5.41) is 5.88. The lowest BCUT2D eigenvalue weighted by Crippen LogP contribution is -2.32. The van der Waals surface area contributed by atoms with E-state index in [2.05, 4.69) is 5.10 Å². The third-order valence-electron chi connectivity index (χ3n) is 4.32. The van der Waals surface area contributed by atoms with E-state index in [-0.39, 0.29) is 21.9 Å². The molecule has 3 aromatic carbocycles. The molecule has 0 heterocycles. The van der Waals surface area contributed by atoms with Crippen molar-refractivity contribution in [2.24, 2.45) is 5.10 Å². The average Bonchev–Trinajstić information content (AvgIpc) is 2.81. The maximum atomic E-state index is 12.9. The third kappa shape index (κ3) is 7.05. The normalized spacial score (nSPS) is 11.2. The summed E-state index contributed by atoms with van der Waals surface area (Å²) >= 11 is 11.6. The lowest BCUT2D eigenvalue weighted by Gasteiger charge is -2.11. The summed E-state index contributed by atoms with van der Waals surface area (Å²) in [6.07, 6.45) is -3.55. The van der Waals surface area contributed by atoms with Gasteiger partial charge in [0.15, 0.2) is 0 Å². The van der Waals surface area contributed by atoms with Gasteiger partial charge in [0.1, 0.15) is 5.75 Å². The number of carbonyl (C=O) groups is 3. The van der Waals surface area contributed by atoms with Crippen LogP contribution in [0.15, 0.2) is 71.8 Å². The number of para-hydroxylation sites is 1. The lowest BCUT2D eigenvalue weighted by atomic mass is 10.2. The van der Waals surface area contributed by atoms with E-state index in [1.54, 1.807) is 12.1 Å². The molecule has 2 amide bonds. The number of carbonyl (C=O) groups excluding carboxylic acids is 3. The molecule has 180 valence electrons. The average molecular weight is 524 g/mol. The van der Waals surface area contributed by atoms with Crippen LogP contribution in [0.5, 0.6) is 5.75 Å². The van der Waals surface area contributed by atoms with Crippen LogP contribution < -0.4 is 15.5 Å². The van der Waals surface area contributed by atoms with Gasteiger partial charge in [-0.15, -0.1) is 0 Å². The van der Waals surface area contributed by atoms with Crippen LogP contribution in [-0.2, 0) is 15.8 Å². The molecule has 0 saturated carbocycles. The number of nitrogens with zero attached hydrogens (tertiary/aromatic N) is 1. The van der Waals surface area contributed by atoms with Crippen molar-refractivity contribution in [3.05, 3.63) is 93.5 Å². The highest BCUT2D eigenvalue weighted by Gasteiger charge is 2.31. The van der Waals surface area contributed by atoms with Crippen LogP contribution in [0.4, 0.5) is 18.9 Å². The van der Waals surface area contributed by atoms with Crippen molar-refractivity contribution in [2.75, 3.05) is 5.32 Å². The second kappa shape index (κ2) is 11.0. The number of amides is 2. The number of anilines is 1. The van der Waals surface area contributed by atoms with Gasteiger partial charge < -0.3 is 10.1 Å². The van der Waals surface area contributed by atoms with Crippen molar-refractivity contribution in [1.29, 1.82) is 0 Å². The van der Waals surface area contributed by atoms with Crippen molar-refractivity contribution in [3.8, 4) is 5.75 Å². The van der Waals surface area contributed by atoms with E-state index in [0.717, 1.165) is 18.3 Å². The summed E-state index contributed by atoms with van der Waals surface area (Å²) < 4.78 is 43.9. The number of hydrogen-bond donors (Lipinski definition) is 2. The molecule has 0 spiro atoms. The van der Waals surface area contributed by atoms with E-state index in [9.17, 15) is 27.6 Å². The number of ether oxygens (including phenoxy) is 1. The van der Waals surface area contributed by atoms with Crippen LogP contribution in [0.2, 0.25) is 10.0 Å². The number of hydrogen-bond acceptors (Lipinski definition) is 5. The molecule has 2 N–H and O–H groups in total. The van der Waals surface area contributed by atoms with E-state index in [1.807, 2.05) is 10.7 Å². The minimum absolute atomic E-state index is 0.116. The molecule has 0 aliphatic carbocycles. The Morgan fingerprint density at radius 1 is 0.914 bits per heavy atom. The number of rotatable bonds is 5. The summed E-state index contributed by atoms with van der Waals surface area (Å²) in [5.41, 5.74) is 1.02. The van der Waals surface area contributed by atoms with E-state index in [0.29, 0.717) is 11.1 Å². The van der Waals surface area contributed by atoms with Gasteiger partial charge in [-0.3, -0.25) is 9.59 Å². The highest BCUT2D eigenvalue weighted by Crippen LogP contribution is 2.33. The van der Waals surface area contributed by atoms with Gasteiger partial charge in [0.05, 0.1) is 28.1 Å². The number of hydrazone groups is 1. The van der Waals surface area contributed by atoms with E-state index in [1.165, 1.54) is 36.4 Å². The highest BCUT2D eigenvalue weighted by molar-refractivity contribution is 6.41. The second-order valence-corrected chi connectivity index (χ2v) is 7.62. The molecule has 35 heavy (non-hydrogen) atoms. The van der Waals surface area contributed by atoms with Crippen LogP contribution in [0, 0.1) is 0 Å². The number of alkyl halides is 3. The summed E-state index contributed by atoms with van der Waals surface area (Å²) in [7, 11) is 0. The molecular weight excluding hydrogens is 510 g/mol. The van der Waals surface area contributed by atoms with Crippen LogP contribution in [0.3, 0.4) is 0 Å². The van der Waals surface area contributed by atoms with Crippen molar-refractivity contribution in [2.45, 2.75) is 6.18 Å². The molecule has 0 atom stereocenters. The van der Waals surface area contributed by atoms with E-state index in [4.69, 9.17) is 27.9 Å². The Morgan fingerprint density at radius 3 is 2.29 bits per heavy atom. The molecule has 0 unspecified atom stereocenters. The molecule has 0 saturated heterocycles. The molecule has 3 aromatic rings. The third-order valence-corrected chi connectivity index (χ3v) is 4.90. The molecule has 0 aromatic heterocycles. The van der Waals surface area contributed by atoms with Gasteiger partial charge in [0.2, 0.25) is 0 Å². The van der Waals surface area contributed by atoms with Gasteiger partial charge >= 0.3 is 24.0 Å². The van der Waals surface area contributed by atoms with Crippen LogP contribution in [0.25, 0.3) is 0 Å². The van der Waals surface area contributed by atoms with Gasteiger partial charge in [0, 0.05) is 10.6 Å². The van der Waals surface area contributed by atoms with Crippen molar-refractivity contribution < 1.29 is 32.3 Å². The zero-order chi connectivity index (χ0) is 25.6. The standard InChI is InChI=1S/C23H14Cl2F3N3O4/c24-16-8-5-13(6-9-16)22(34)35-19-4-2-1-3-14(19)12-29-31-21(33)20(32)30-18-11-15(23(26,27)28)7-10-17(18)25/h1-12H,(H,30,32)(H,31,33). The van der Waals surface area contributed by atoms with Crippen molar-refractivity contribution in [3.63, 3.8) is 0 Å². The zero-order valence-corrected chi connectivity index (χ0v) is 18.9. The van der Waals surface area contributed by atoms with Gasteiger partial charge in [-0.1, -0.05) is 35.3 Å². The first-order chi connectivity index (χ1) is 16.5. The quantitative estimate of drug-likeness (QED) is 0.155. The number of benzene rings is 3. The van der Waals surface area contributed by atoms with E-state index >= 15 is 0 Å². The predicted octanol–water partition coefficient (Wildman–Crippen LogP) is 5.32. The smallest absolute Gasteiger partial charge is 0.416 e. The van der Waals surface area contributed by atoms with Gasteiger partial charge in [-0.25, -0.2) is 10.2 Å². The lowest BCUT2D eigenvalue weighted by molar-refractivity contribution is -0.137. The SMILES string of the molecule is O=C(NN=Cc1ccccc1OC(=O)c1ccc(Cl)cc1)C(=O)Nc1cc(C(F)(F)F)ccc1Cl. The first kappa shape index (κ1) is 25.7. The molecule has 12 heteroatoms. The Hall–Kier alpha value is -3.89. The monoisotopic (exact) mass is 523 g/mol. The predicted molar refractivity (Wildman–Crippen MR) is 124 cm³/mol. The van der Waals surface area contributed by atoms with Gasteiger partial charge in [0.25, 0.3) is 0 Å². The maximum absolute atomic E-state index is 12.9. The summed E-state index contributed by atoms with van der Waals surface area (Å²) in [5.74, 6) is -3.12. The van der Waals surface area contributed by atoms with Crippen LogP contribution >= 0.6 is 23.2 Å². The summed E-state index contributed by atoms with van der Waals surface area (Å²) in [4.78, 5) is 36.4. The number of esters is 1. The minimum atomic E-state index is -4.67. The molecule has 3 rings (SSSR count). The van der Waals surface area contributed by atoms with Gasteiger partial charge in [-0.05, 0) is 54.6 Å². The van der Waals surface area contributed by atoms with E-state index < -0.39 is 35.2 Å². The zero-order valence-electron chi connectivity index (χ0n) is 17.4. The van der Waals surface area contributed by atoms with Crippen LogP contribution in [-0.4, -0.2) is 24.0 Å². The number of halogens is 5. The largest absolute Gasteiger partial charge is 0.422 e. The fourth-order valence-corrected chi connectivity index (χ4v) is 2.90. The second-order valence-electron chi connectivity index (χ2n) is 6.78. The Morgan fingerprint density at radius 2 is 1.60 bits per heavy atom. The summed E-state index contributed by atoms with van der Waals surface area (Å²) in [6.45, 7) is 0. The Labute approximate surface area is 206 Å². The first-order valence-corrected chi connectivity index (χ1v) is 10.4. The maximum Gasteiger partial charge on any atom is 0.416 e. The van der Waals surface area contributed by atoms with Gasteiger partial charge in [-0.2, -0.15) is 18.3 Å². The first-order valence-electron chi connectivity index (χ1n) is 9.62. The fraction of sp³-hybridized carbons (Fsp3) is 0.0435. The number of nitrogens with one attached hydrogen (secondary N) is 2. The molecule has 0 aliphatic rings. The highest BCUT2D eigenvalue weighted by atomic mass is 35.5. The molecular formula is C23H14Cl2F3N3O4. The van der Waals surface area contributed by atoms with Crippen molar-refractivity contribution >= 4 is 52.9 Å². The molecule has 0 bridgehead atoms. The fourth-order valence-electron chi connectivity index (χ4n) is 2.61. The van der Waals surface area contributed by atoms with Crippen LogP contribution in [0.1, 0.15) is 21.5 Å². The minimum Gasteiger partial charge on any atom is -0.422 e. The summed E-state index contributed by atoms with van der Waals surface area (Å²) in [6, 6.07) is 14.5. The Balaban J connectivity index is 1.64. The Kier molecular flexibility index (Phi) is 8.10.